The van der Waals surface area contributed by atoms with Crippen LogP contribution in [-0.2, 0) is 20.7 Å². The minimum absolute atomic E-state index is 0.0691. The highest BCUT2D eigenvalue weighted by Crippen LogP contribution is 2.43. The van der Waals surface area contributed by atoms with E-state index in [1.165, 1.54) is 0 Å². The van der Waals surface area contributed by atoms with Crippen molar-refractivity contribution in [3.63, 3.8) is 0 Å². The molecule has 0 unspecified atom stereocenters. The molecule has 0 saturated carbocycles. The molecule has 0 fully saturated rings. The van der Waals surface area contributed by atoms with Crippen LogP contribution in [0.1, 0.15) is 5.56 Å². The highest BCUT2D eigenvalue weighted by molar-refractivity contribution is 9.10. The highest BCUT2D eigenvalue weighted by atomic mass is 79.9. The molecule has 2 aromatic rings. The van der Waals surface area contributed by atoms with E-state index >= 15 is 0 Å². The van der Waals surface area contributed by atoms with Crippen molar-refractivity contribution in [3.05, 3.63) is 46.4 Å². The maximum absolute atomic E-state index is 12.7. The fourth-order valence-corrected chi connectivity index (χ4v) is 3.42. The molecule has 164 valence electrons. The minimum Gasteiger partial charge on any atom is -0.467 e. The van der Waals surface area contributed by atoms with E-state index in [-0.39, 0.29) is 25.9 Å². The average Bonchev–Trinajstić information content (AvgIpc) is 2.73. The van der Waals surface area contributed by atoms with Crippen LogP contribution in [0.4, 0.5) is 0 Å². The number of carbonyl (C=O) groups is 1. The number of halogens is 1. The Morgan fingerprint density at radius 3 is 2.27 bits per heavy atom. The quantitative estimate of drug-likeness (QED) is 0.470. The van der Waals surface area contributed by atoms with Gasteiger partial charge in [0.15, 0.2) is 13.6 Å². The van der Waals surface area contributed by atoms with E-state index in [0.717, 1.165) is 23.2 Å². The number of ether oxygens (including phenoxy) is 4. The number of nitrogens with one attached hydrogen (secondary N) is 1. The molecule has 0 atom stereocenters. The topological polar surface area (TPSA) is 69.3 Å². The van der Waals surface area contributed by atoms with Gasteiger partial charge in [-0.25, -0.2) is 0 Å². The zero-order chi connectivity index (χ0) is 21.9. The molecule has 0 saturated heterocycles. The number of likely N-dealkylation sites (N-methyl/N-ethyl adjacent to an activating group) is 1. The predicted molar refractivity (Wildman–Crippen MR) is 120 cm³/mol. The number of rotatable bonds is 12. The van der Waals surface area contributed by atoms with Crippen LogP contribution in [0.15, 0.2) is 40.9 Å². The molecule has 0 bridgehead atoms. The van der Waals surface area contributed by atoms with Gasteiger partial charge < -0.3 is 29.2 Å². The second-order valence-corrected chi connectivity index (χ2v) is 7.63. The number of nitrogens with zero attached hydrogens (tertiary/aromatic N) is 1. The van der Waals surface area contributed by atoms with Crippen molar-refractivity contribution >= 4 is 21.8 Å². The van der Waals surface area contributed by atoms with Crippen LogP contribution >= 0.6 is 15.9 Å². The molecule has 0 heterocycles. The standard InChI is InChI=1S/C22H29BrN2O5/c1-25(2)11-10-24-20(26)12-17-21(16-8-6-5-7-9-16)18(29-14-27-3)13-19(22(17)23)30-15-28-4/h5-9,13H,10-12,14-15H2,1-4H3,(H,24,26). The van der Waals surface area contributed by atoms with Crippen LogP contribution in [0.5, 0.6) is 11.5 Å². The van der Waals surface area contributed by atoms with Crippen LogP contribution in [0.2, 0.25) is 0 Å². The zero-order valence-electron chi connectivity index (χ0n) is 17.9. The van der Waals surface area contributed by atoms with E-state index in [0.29, 0.717) is 22.5 Å². The predicted octanol–water partition coefficient (Wildman–Crippen LogP) is 3.30. The van der Waals surface area contributed by atoms with Gasteiger partial charge in [0.05, 0.1) is 10.9 Å². The van der Waals surface area contributed by atoms with E-state index in [2.05, 4.69) is 21.2 Å². The lowest BCUT2D eigenvalue weighted by atomic mass is 9.95. The molecule has 0 spiro atoms. The molecule has 7 nitrogen and oxygen atoms in total. The van der Waals surface area contributed by atoms with Gasteiger partial charge in [0.1, 0.15) is 11.5 Å². The normalized spacial score (nSPS) is 10.9. The van der Waals surface area contributed by atoms with E-state index < -0.39 is 0 Å². The monoisotopic (exact) mass is 480 g/mol. The number of amides is 1. The largest absolute Gasteiger partial charge is 0.467 e. The maximum atomic E-state index is 12.7. The second-order valence-electron chi connectivity index (χ2n) is 6.84. The summed E-state index contributed by atoms with van der Waals surface area (Å²) in [6.45, 7) is 1.47. The molecule has 1 N–H and O–H groups in total. The summed E-state index contributed by atoms with van der Waals surface area (Å²) in [6, 6.07) is 11.6. The molecule has 1 amide bonds. The van der Waals surface area contributed by atoms with Crippen molar-refractivity contribution in [2.24, 2.45) is 0 Å². The maximum Gasteiger partial charge on any atom is 0.224 e. The van der Waals surface area contributed by atoms with Gasteiger partial charge in [-0.2, -0.15) is 0 Å². The molecule has 8 heteroatoms. The van der Waals surface area contributed by atoms with E-state index in [9.17, 15) is 4.79 Å². The van der Waals surface area contributed by atoms with Gasteiger partial charge in [-0.15, -0.1) is 0 Å². The number of hydrogen-bond acceptors (Lipinski definition) is 6. The third-order valence-electron chi connectivity index (χ3n) is 4.24. The van der Waals surface area contributed by atoms with Crippen molar-refractivity contribution < 1.29 is 23.7 Å². The lowest BCUT2D eigenvalue weighted by molar-refractivity contribution is -0.120. The van der Waals surface area contributed by atoms with Gasteiger partial charge in [0, 0.05) is 38.9 Å². The van der Waals surface area contributed by atoms with E-state index in [1.54, 1.807) is 20.3 Å². The fourth-order valence-electron chi connectivity index (χ4n) is 2.85. The van der Waals surface area contributed by atoms with Crippen LogP contribution in [-0.4, -0.2) is 65.8 Å². The SMILES string of the molecule is COCOc1cc(OCOC)c(-c2ccccc2)c(CC(=O)NCCN(C)C)c1Br. The molecule has 30 heavy (non-hydrogen) atoms. The summed E-state index contributed by atoms with van der Waals surface area (Å²) in [6.07, 6.45) is 0.158. The van der Waals surface area contributed by atoms with Crippen LogP contribution in [0.25, 0.3) is 11.1 Å². The van der Waals surface area contributed by atoms with Gasteiger partial charge >= 0.3 is 0 Å². The van der Waals surface area contributed by atoms with E-state index in [4.69, 9.17) is 18.9 Å². The van der Waals surface area contributed by atoms with Crippen LogP contribution in [0, 0.1) is 0 Å². The first kappa shape index (κ1) is 24.1. The molecular formula is C22H29BrN2O5. The molecule has 0 aliphatic heterocycles. The first-order valence-corrected chi connectivity index (χ1v) is 10.3. The van der Waals surface area contributed by atoms with Gasteiger partial charge in [-0.05, 0) is 41.2 Å². The molecule has 0 radical (unpaired) electrons. The number of hydrogen-bond donors (Lipinski definition) is 1. The summed E-state index contributed by atoms with van der Waals surface area (Å²) >= 11 is 3.63. The van der Waals surface area contributed by atoms with Crippen LogP contribution < -0.4 is 14.8 Å². The Labute approximate surface area is 186 Å². The van der Waals surface area contributed by atoms with E-state index in [1.807, 2.05) is 49.3 Å². The molecule has 0 aromatic heterocycles. The van der Waals surface area contributed by atoms with Crippen molar-refractivity contribution in [1.29, 1.82) is 0 Å². The Bertz CT molecular complexity index is 815. The van der Waals surface area contributed by atoms with Gasteiger partial charge in [0.2, 0.25) is 5.91 Å². The fraction of sp³-hybridized carbons (Fsp3) is 0.409. The van der Waals surface area contributed by atoms with Gasteiger partial charge in [-0.1, -0.05) is 30.3 Å². The van der Waals surface area contributed by atoms with Gasteiger partial charge in [-0.3, -0.25) is 4.79 Å². The smallest absolute Gasteiger partial charge is 0.224 e. The summed E-state index contributed by atoms with van der Waals surface area (Å²) in [4.78, 5) is 14.7. The van der Waals surface area contributed by atoms with Crippen LogP contribution in [0.3, 0.4) is 0 Å². The Morgan fingerprint density at radius 2 is 1.67 bits per heavy atom. The Kier molecular flexibility index (Phi) is 10.1. The Hall–Kier alpha value is -2.13. The Morgan fingerprint density at radius 1 is 1.03 bits per heavy atom. The second kappa shape index (κ2) is 12.5. The van der Waals surface area contributed by atoms with Gasteiger partial charge in [0.25, 0.3) is 0 Å². The van der Waals surface area contributed by atoms with Crippen molar-refractivity contribution in [3.8, 4) is 22.6 Å². The molecule has 2 aromatic carbocycles. The van der Waals surface area contributed by atoms with Crippen molar-refractivity contribution in [2.45, 2.75) is 6.42 Å². The first-order chi connectivity index (χ1) is 14.5. The highest BCUT2D eigenvalue weighted by Gasteiger charge is 2.22. The molecular weight excluding hydrogens is 452 g/mol. The summed E-state index contributed by atoms with van der Waals surface area (Å²) in [7, 11) is 7.04. The van der Waals surface area contributed by atoms with Crippen molar-refractivity contribution in [1.82, 2.24) is 10.2 Å². The lowest BCUT2D eigenvalue weighted by Gasteiger charge is -2.20. The lowest BCUT2D eigenvalue weighted by Crippen LogP contribution is -2.32. The van der Waals surface area contributed by atoms with Crippen molar-refractivity contribution in [2.75, 3.05) is 55.0 Å². The third-order valence-corrected chi connectivity index (χ3v) is 5.11. The Balaban J connectivity index is 2.49. The third kappa shape index (κ3) is 6.98. The number of benzene rings is 2. The summed E-state index contributed by atoms with van der Waals surface area (Å²) in [5, 5.41) is 2.96. The average molecular weight is 481 g/mol. The molecule has 0 aliphatic carbocycles. The molecule has 0 aliphatic rings. The first-order valence-electron chi connectivity index (χ1n) is 9.53. The summed E-state index contributed by atoms with van der Waals surface area (Å²) in [5.41, 5.74) is 2.51. The summed E-state index contributed by atoms with van der Waals surface area (Å²) in [5.74, 6) is 1.00. The number of methoxy groups -OCH3 is 2. The minimum atomic E-state index is -0.0867. The number of carbonyl (C=O) groups excluding carboxylic acids is 1. The summed E-state index contributed by atoms with van der Waals surface area (Å²) < 4.78 is 22.4. The zero-order valence-corrected chi connectivity index (χ0v) is 19.5. The molecule has 2 rings (SSSR count).